The molecular formula is C12H14F3NO3. The lowest BCUT2D eigenvalue weighted by Crippen LogP contribution is -2.35. The summed E-state index contributed by atoms with van der Waals surface area (Å²) in [6.45, 7) is 1.57. The Hall–Kier alpha value is -1.76. The van der Waals surface area contributed by atoms with Crippen LogP contribution in [0.2, 0.25) is 0 Å². The van der Waals surface area contributed by atoms with E-state index in [1.54, 1.807) is 6.92 Å². The Morgan fingerprint density at radius 3 is 2.42 bits per heavy atom. The van der Waals surface area contributed by atoms with E-state index < -0.39 is 34.7 Å². The van der Waals surface area contributed by atoms with Crippen LogP contribution in [-0.4, -0.2) is 40.7 Å². The van der Waals surface area contributed by atoms with Gasteiger partial charge in [-0.05, 0) is 12.5 Å². The largest absolute Gasteiger partial charge is 0.503 e. The third-order valence-corrected chi connectivity index (χ3v) is 2.51. The van der Waals surface area contributed by atoms with Gasteiger partial charge in [-0.15, -0.1) is 0 Å². The number of carbonyl (C=O) groups excluding carboxylic acids is 1. The SMILES string of the molecule is CCCN(CCO)C(=O)c1cc(F)c(F)c(O)c1F. The third kappa shape index (κ3) is 3.17. The summed E-state index contributed by atoms with van der Waals surface area (Å²) in [5.74, 6) is -7.20. The van der Waals surface area contributed by atoms with Crippen molar-refractivity contribution in [3.8, 4) is 5.75 Å². The van der Waals surface area contributed by atoms with E-state index in [9.17, 15) is 18.0 Å². The average molecular weight is 277 g/mol. The number of amides is 1. The van der Waals surface area contributed by atoms with Crippen LogP contribution < -0.4 is 0 Å². The molecule has 0 aromatic heterocycles. The predicted molar refractivity (Wildman–Crippen MR) is 61.3 cm³/mol. The number of phenolic OH excluding ortho intramolecular Hbond substituents is 1. The summed E-state index contributed by atoms with van der Waals surface area (Å²) < 4.78 is 39.6. The average Bonchev–Trinajstić information content (AvgIpc) is 2.39. The van der Waals surface area contributed by atoms with Crippen molar-refractivity contribution in [2.24, 2.45) is 0 Å². The Morgan fingerprint density at radius 1 is 1.26 bits per heavy atom. The smallest absolute Gasteiger partial charge is 0.257 e. The van der Waals surface area contributed by atoms with Gasteiger partial charge >= 0.3 is 0 Å². The molecule has 0 heterocycles. The van der Waals surface area contributed by atoms with E-state index >= 15 is 0 Å². The molecule has 0 saturated heterocycles. The van der Waals surface area contributed by atoms with E-state index in [0.29, 0.717) is 12.5 Å². The molecule has 0 radical (unpaired) electrons. The monoisotopic (exact) mass is 277 g/mol. The second kappa shape index (κ2) is 6.42. The van der Waals surface area contributed by atoms with E-state index in [1.165, 1.54) is 0 Å². The number of hydrogen-bond donors (Lipinski definition) is 2. The minimum Gasteiger partial charge on any atom is -0.503 e. The number of phenols is 1. The molecule has 0 atom stereocenters. The Bertz CT molecular complexity index is 474. The number of benzene rings is 1. The van der Waals surface area contributed by atoms with E-state index in [2.05, 4.69) is 0 Å². The fraction of sp³-hybridized carbons (Fsp3) is 0.417. The van der Waals surface area contributed by atoms with Gasteiger partial charge in [0.2, 0.25) is 5.82 Å². The van der Waals surface area contributed by atoms with Gasteiger partial charge in [-0.2, -0.15) is 4.39 Å². The molecule has 1 aromatic carbocycles. The highest BCUT2D eigenvalue weighted by Crippen LogP contribution is 2.26. The third-order valence-electron chi connectivity index (χ3n) is 2.51. The molecule has 0 bridgehead atoms. The molecule has 1 aromatic rings. The van der Waals surface area contributed by atoms with Gasteiger partial charge < -0.3 is 15.1 Å². The summed E-state index contributed by atoms with van der Waals surface area (Å²) in [6, 6.07) is 0.396. The van der Waals surface area contributed by atoms with E-state index in [1.807, 2.05) is 0 Å². The number of hydrogen-bond acceptors (Lipinski definition) is 3. The molecule has 4 nitrogen and oxygen atoms in total. The summed E-state index contributed by atoms with van der Waals surface area (Å²) >= 11 is 0. The second-order valence-electron chi connectivity index (χ2n) is 3.90. The minimum atomic E-state index is -1.74. The van der Waals surface area contributed by atoms with Gasteiger partial charge in [0.05, 0.1) is 12.2 Å². The summed E-state index contributed by atoms with van der Waals surface area (Å²) in [5.41, 5.74) is -0.765. The van der Waals surface area contributed by atoms with Crippen LogP contribution in [0.15, 0.2) is 6.07 Å². The lowest BCUT2D eigenvalue weighted by Gasteiger charge is -2.21. The van der Waals surface area contributed by atoms with Crippen molar-refractivity contribution >= 4 is 5.91 Å². The van der Waals surface area contributed by atoms with Crippen LogP contribution in [0.1, 0.15) is 23.7 Å². The Labute approximate surface area is 108 Å². The standard InChI is InChI=1S/C12H14F3NO3/c1-2-3-16(4-5-17)12(19)7-6-8(13)10(15)11(18)9(7)14/h6,17-18H,2-5H2,1H3. The maximum absolute atomic E-state index is 13.6. The molecule has 106 valence electrons. The predicted octanol–water partition coefficient (Wildman–Crippen LogP) is 1.65. The van der Waals surface area contributed by atoms with Gasteiger partial charge in [0, 0.05) is 13.1 Å². The van der Waals surface area contributed by atoms with E-state index in [4.69, 9.17) is 10.2 Å². The van der Waals surface area contributed by atoms with Crippen molar-refractivity contribution < 1.29 is 28.2 Å². The summed E-state index contributed by atoms with van der Waals surface area (Å²) in [5, 5.41) is 17.9. The lowest BCUT2D eigenvalue weighted by molar-refractivity contribution is 0.0715. The summed E-state index contributed by atoms with van der Waals surface area (Å²) in [4.78, 5) is 13.0. The fourth-order valence-electron chi connectivity index (χ4n) is 1.62. The van der Waals surface area contributed by atoms with Gasteiger partial charge in [0.1, 0.15) is 0 Å². The quantitative estimate of drug-likeness (QED) is 0.805. The highest BCUT2D eigenvalue weighted by atomic mass is 19.2. The summed E-state index contributed by atoms with van der Waals surface area (Å²) in [7, 11) is 0. The zero-order chi connectivity index (χ0) is 14.6. The van der Waals surface area contributed by atoms with Crippen molar-refractivity contribution in [3.05, 3.63) is 29.1 Å². The van der Waals surface area contributed by atoms with Crippen LogP contribution in [0.3, 0.4) is 0 Å². The van der Waals surface area contributed by atoms with Crippen LogP contribution in [0.5, 0.6) is 5.75 Å². The molecule has 2 N–H and O–H groups in total. The zero-order valence-electron chi connectivity index (χ0n) is 10.3. The minimum absolute atomic E-state index is 0.0636. The highest BCUT2D eigenvalue weighted by molar-refractivity contribution is 5.95. The number of rotatable bonds is 5. The number of carbonyl (C=O) groups is 1. The molecule has 0 spiro atoms. The molecule has 0 saturated carbocycles. The molecular weight excluding hydrogens is 263 g/mol. The molecule has 0 unspecified atom stereocenters. The maximum Gasteiger partial charge on any atom is 0.257 e. The first-order chi connectivity index (χ1) is 8.93. The molecule has 1 rings (SSSR count). The first kappa shape index (κ1) is 15.3. The van der Waals surface area contributed by atoms with Gasteiger partial charge in [0.25, 0.3) is 5.91 Å². The lowest BCUT2D eigenvalue weighted by atomic mass is 10.1. The molecule has 19 heavy (non-hydrogen) atoms. The van der Waals surface area contributed by atoms with Crippen molar-refractivity contribution in [1.82, 2.24) is 4.90 Å². The number of aromatic hydroxyl groups is 1. The molecule has 0 aliphatic heterocycles. The molecule has 0 aliphatic rings. The maximum atomic E-state index is 13.6. The molecule has 1 amide bonds. The van der Waals surface area contributed by atoms with E-state index in [-0.39, 0.29) is 19.7 Å². The van der Waals surface area contributed by atoms with Crippen LogP contribution in [0.4, 0.5) is 13.2 Å². The topological polar surface area (TPSA) is 60.8 Å². The van der Waals surface area contributed by atoms with Crippen LogP contribution in [-0.2, 0) is 0 Å². The molecule has 0 aliphatic carbocycles. The van der Waals surface area contributed by atoms with Crippen molar-refractivity contribution in [2.45, 2.75) is 13.3 Å². The van der Waals surface area contributed by atoms with Crippen molar-refractivity contribution in [2.75, 3.05) is 19.7 Å². The number of nitrogens with zero attached hydrogens (tertiary/aromatic N) is 1. The van der Waals surface area contributed by atoms with Crippen LogP contribution in [0, 0.1) is 17.5 Å². The number of aliphatic hydroxyl groups is 1. The van der Waals surface area contributed by atoms with Gasteiger partial charge in [-0.3, -0.25) is 4.79 Å². The Balaban J connectivity index is 3.18. The Kier molecular flexibility index (Phi) is 5.17. The fourth-order valence-corrected chi connectivity index (χ4v) is 1.62. The second-order valence-corrected chi connectivity index (χ2v) is 3.90. The first-order valence-electron chi connectivity index (χ1n) is 5.70. The highest BCUT2D eigenvalue weighted by Gasteiger charge is 2.25. The zero-order valence-corrected chi connectivity index (χ0v) is 10.3. The van der Waals surface area contributed by atoms with Crippen LogP contribution >= 0.6 is 0 Å². The van der Waals surface area contributed by atoms with Crippen molar-refractivity contribution in [1.29, 1.82) is 0 Å². The number of aliphatic hydroxyl groups excluding tert-OH is 1. The van der Waals surface area contributed by atoms with Gasteiger partial charge in [-0.1, -0.05) is 6.92 Å². The van der Waals surface area contributed by atoms with E-state index in [0.717, 1.165) is 4.90 Å². The normalized spacial score (nSPS) is 10.6. The molecule has 0 fully saturated rings. The molecule has 7 heteroatoms. The summed E-state index contributed by atoms with van der Waals surface area (Å²) in [6.07, 6.45) is 0.545. The van der Waals surface area contributed by atoms with Crippen molar-refractivity contribution in [3.63, 3.8) is 0 Å². The Morgan fingerprint density at radius 2 is 1.89 bits per heavy atom. The van der Waals surface area contributed by atoms with Crippen LogP contribution in [0.25, 0.3) is 0 Å². The van der Waals surface area contributed by atoms with Gasteiger partial charge in [-0.25, -0.2) is 8.78 Å². The van der Waals surface area contributed by atoms with Gasteiger partial charge in [0.15, 0.2) is 17.4 Å². The number of halogens is 3. The first-order valence-corrected chi connectivity index (χ1v) is 5.70.